The molecule has 1 aromatic carbocycles. The summed E-state index contributed by atoms with van der Waals surface area (Å²) in [6.45, 7) is 9.14. The third kappa shape index (κ3) is 2.00. The third-order valence-electron chi connectivity index (χ3n) is 5.29. The SMILES string of the molecule is COc1ccc(C(N)C2C(C)(C)C2(C)C)c(OC)c1. The Hall–Kier alpha value is -1.22. The lowest BCUT2D eigenvalue weighted by atomic mass is 9.96. The Morgan fingerprint density at radius 3 is 2.05 bits per heavy atom. The van der Waals surface area contributed by atoms with Crippen LogP contribution in [0.1, 0.15) is 39.3 Å². The Bertz CT molecular complexity index is 466. The van der Waals surface area contributed by atoms with Crippen LogP contribution in [0, 0.1) is 16.7 Å². The summed E-state index contributed by atoms with van der Waals surface area (Å²) in [7, 11) is 3.33. The van der Waals surface area contributed by atoms with Crippen LogP contribution in [0.4, 0.5) is 0 Å². The molecule has 1 aromatic rings. The van der Waals surface area contributed by atoms with E-state index in [1.54, 1.807) is 14.2 Å². The maximum Gasteiger partial charge on any atom is 0.127 e. The Morgan fingerprint density at radius 2 is 1.63 bits per heavy atom. The quantitative estimate of drug-likeness (QED) is 0.905. The van der Waals surface area contributed by atoms with Crippen LogP contribution in [-0.2, 0) is 0 Å². The van der Waals surface area contributed by atoms with Crippen LogP contribution in [0.2, 0.25) is 0 Å². The van der Waals surface area contributed by atoms with Crippen molar-refractivity contribution in [2.75, 3.05) is 14.2 Å². The van der Waals surface area contributed by atoms with Gasteiger partial charge in [-0.2, -0.15) is 0 Å². The molecule has 3 heteroatoms. The Labute approximate surface area is 116 Å². The smallest absolute Gasteiger partial charge is 0.127 e. The molecule has 0 bridgehead atoms. The summed E-state index contributed by atoms with van der Waals surface area (Å²) in [4.78, 5) is 0. The molecule has 2 rings (SSSR count). The molecule has 1 aliphatic carbocycles. The molecular weight excluding hydrogens is 238 g/mol. The van der Waals surface area contributed by atoms with Gasteiger partial charge in [-0.25, -0.2) is 0 Å². The van der Waals surface area contributed by atoms with Gasteiger partial charge < -0.3 is 15.2 Å². The second-order valence-corrected chi connectivity index (χ2v) is 6.55. The molecule has 2 N–H and O–H groups in total. The van der Waals surface area contributed by atoms with Gasteiger partial charge >= 0.3 is 0 Å². The van der Waals surface area contributed by atoms with Crippen LogP contribution in [0.5, 0.6) is 11.5 Å². The first-order valence-corrected chi connectivity index (χ1v) is 6.75. The minimum atomic E-state index is -0.00847. The van der Waals surface area contributed by atoms with Gasteiger partial charge in [0.25, 0.3) is 0 Å². The van der Waals surface area contributed by atoms with Crippen LogP contribution in [0.3, 0.4) is 0 Å². The highest BCUT2D eigenvalue weighted by molar-refractivity contribution is 5.44. The zero-order valence-corrected chi connectivity index (χ0v) is 12.8. The summed E-state index contributed by atoms with van der Waals surface area (Å²) < 4.78 is 10.7. The summed E-state index contributed by atoms with van der Waals surface area (Å²) >= 11 is 0. The fraction of sp³-hybridized carbons (Fsp3) is 0.625. The van der Waals surface area contributed by atoms with E-state index in [-0.39, 0.29) is 16.9 Å². The molecule has 1 aliphatic rings. The summed E-state index contributed by atoms with van der Waals surface area (Å²) in [6, 6.07) is 5.86. The number of benzene rings is 1. The lowest BCUT2D eigenvalue weighted by Gasteiger charge is -2.18. The zero-order chi connectivity index (χ0) is 14.4. The Morgan fingerprint density at radius 1 is 1.05 bits per heavy atom. The van der Waals surface area contributed by atoms with Gasteiger partial charge in [0.15, 0.2) is 0 Å². The van der Waals surface area contributed by atoms with Crippen LogP contribution in [0.25, 0.3) is 0 Å². The zero-order valence-electron chi connectivity index (χ0n) is 12.8. The van der Waals surface area contributed by atoms with Gasteiger partial charge in [-0.05, 0) is 22.8 Å². The van der Waals surface area contributed by atoms with Crippen molar-refractivity contribution in [3.8, 4) is 11.5 Å². The molecular formula is C16H25NO2. The van der Waals surface area contributed by atoms with E-state index in [1.165, 1.54) is 0 Å². The highest BCUT2D eigenvalue weighted by atomic mass is 16.5. The van der Waals surface area contributed by atoms with E-state index in [2.05, 4.69) is 27.7 Å². The normalized spacial score (nSPS) is 21.8. The van der Waals surface area contributed by atoms with Crippen molar-refractivity contribution in [2.24, 2.45) is 22.5 Å². The van der Waals surface area contributed by atoms with E-state index >= 15 is 0 Å². The second-order valence-electron chi connectivity index (χ2n) is 6.55. The number of hydrogen-bond acceptors (Lipinski definition) is 3. The maximum absolute atomic E-state index is 6.50. The van der Waals surface area contributed by atoms with E-state index in [0.717, 1.165) is 17.1 Å². The third-order valence-corrected chi connectivity index (χ3v) is 5.29. The average Bonchev–Trinajstić information content (AvgIpc) is 2.78. The van der Waals surface area contributed by atoms with Crippen molar-refractivity contribution >= 4 is 0 Å². The maximum atomic E-state index is 6.50. The fourth-order valence-corrected chi connectivity index (χ4v) is 3.42. The van der Waals surface area contributed by atoms with E-state index < -0.39 is 0 Å². The summed E-state index contributed by atoms with van der Waals surface area (Å²) in [5, 5.41) is 0. The van der Waals surface area contributed by atoms with Crippen LogP contribution in [-0.4, -0.2) is 14.2 Å². The van der Waals surface area contributed by atoms with Crippen molar-refractivity contribution < 1.29 is 9.47 Å². The average molecular weight is 263 g/mol. The highest BCUT2D eigenvalue weighted by Crippen LogP contribution is 2.72. The molecule has 1 saturated carbocycles. The van der Waals surface area contributed by atoms with Gasteiger partial charge in [0.1, 0.15) is 11.5 Å². The standard InChI is InChI=1S/C16H25NO2/c1-15(2)14(16(15,3)4)13(17)11-8-7-10(18-5)9-12(11)19-6/h7-9,13-14H,17H2,1-6H3. The first-order chi connectivity index (χ1) is 8.77. The first kappa shape index (κ1) is 14.2. The monoisotopic (exact) mass is 263 g/mol. The van der Waals surface area contributed by atoms with Crippen LogP contribution in [0.15, 0.2) is 18.2 Å². The molecule has 106 valence electrons. The molecule has 0 spiro atoms. The molecule has 0 amide bonds. The van der Waals surface area contributed by atoms with Gasteiger partial charge in [-0.3, -0.25) is 0 Å². The molecule has 0 aliphatic heterocycles. The van der Waals surface area contributed by atoms with E-state index in [4.69, 9.17) is 15.2 Å². The highest BCUT2D eigenvalue weighted by Gasteiger charge is 2.66. The van der Waals surface area contributed by atoms with Crippen molar-refractivity contribution in [1.82, 2.24) is 0 Å². The number of methoxy groups -OCH3 is 2. The summed E-state index contributed by atoms with van der Waals surface area (Å²) in [5.74, 6) is 2.06. The molecule has 1 fully saturated rings. The van der Waals surface area contributed by atoms with Gasteiger partial charge in [-0.1, -0.05) is 33.8 Å². The minimum absolute atomic E-state index is 0.00847. The van der Waals surface area contributed by atoms with Gasteiger partial charge in [0.05, 0.1) is 14.2 Å². The molecule has 1 atom stereocenters. The molecule has 19 heavy (non-hydrogen) atoms. The number of hydrogen-bond donors (Lipinski definition) is 1. The van der Waals surface area contributed by atoms with E-state index in [9.17, 15) is 0 Å². The molecule has 3 nitrogen and oxygen atoms in total. The summed E-state index contributed by atoms with van der Waals surface area (Å²) in [5.41, 5.74) is 8.08. The largest absolute Gasteiger partial charge is 0.497 e. The van der Waals surface area contributed by atoms with Crippen molar-refractivity contribution in [1.29, 1.82) is 0 Å². The van der Waals surface area contributed by atoms with Crippen LogP contribution < -0.4 is 15.2 Å². The fourth-order valence-electron chi connectivity index (χ4n) is 3.42. The number of nitrogens with two attached hydrogens (primary N) is 1. The van der Waals surface area contributed by atoms with E-state index in [0.29, 0.717) is 5.92 Å². The first-order valence-electron chi connectivity index (χ1n) is 6.75. The van der Waals surface area contributed by atoms with Gasteiger partial charge in [0, 0.05) is 17.7 Å². The van der Waals surface area contributed by atoms with Gasteiger partial charge in [-0.15, -0.1) is 0 Å². The number of ether oxygens (including phenoxy) is 2. The molecule has 0 heterocycles. The molecule has 0 radical (unpaired) electrons. The summed E-state index contributed by atoms with van der Waals surface area (Å²) in [6.07, 6.45) is 0. The molecule has 1 unspecified atom stereocenters. The topological polar surface area (TPSA) is 44.5 Å². The van der Waals surface area contributed by atoms with Crippen molar-refractivity contribution in [3.63, 3.8) is 0 Å². The number of rotatable bonds is 4. The lowest BCUT2D eigenvalue weighted by Crippen LogP contribution is -2.17. The van der Waals surface area contributed by atoms with Crippen molar-refractivity contribution in [2.45, 2.75) is 33.7 Å². The molecule has 0 aromatic heterocycles. The molecule has 0 saturated heterocycles. The minimum Gasteiger partial charge on any atom is -0.497 e. The predicted octanol–water partition coefficient (Wildman–Crippen LogP) is 3.39. The second kappa shape index (κ2) is 4.41. The van der Waals surface area contributed by atoms with Gasteiger partial charge in [0.2, 0.25) is 0 Å². The Kier molecular flexibility index (Phi) is 3.29. The van der Waals surface area contributed by atoms with E-state index in [1.807, 2.05) is 18.2 Å². The predicted molar refractivity (Wildman–Crippen MR) is 77.5 cm³/mol. The van der Waals surface area contributed by atoms with Crippen molar-refractivity contribution in [3.05, 3.63) is 23.8 Å². The lowest BCUT2D eigenvalue weighted by molar-refractivity contribution is 0.382. The van der Waals surface area contributed by atoms with Crippen LogP contribution >= 0.6 is 0 Å². The Balaban J connectivity index is 2.33.